The van der Waals surface area contributed by atoms with E-state index in [9.17, 15) is 0 Å². The van der Waals surface area contributed by atoms with Crippen LogP contribution in [0.5, 0.6) is 0 Å². The maximum Gasteiger partial charge on any atom is 0.00697 e. The zero-order valence-electron chi connectivity index (χ0n) is 12.9. The van der Waals surface area contributed by atoms with Gasteiger partial charge in [0, 0.05) is 6.04 Å². The predicted octanol–water partition coefficient (Wildman–Crippen LogP) is 4.42. The molecule has 4 unspecified atom stereocenters. The first-order valence-electron chi connectivity index (χ1n) is 8.60. The van der Waals surface area contributed by atoms with E-state index in [1.807, 2.05) is 0 Å². The van der Waals surface area contributed by atoms with Crippen LogP contribution in [0.25, 0.3) is 0 Å². The number of rotatable bonds is 7. The van der Waals surface area contributed by atoms with E-state index in [2.05, 4.69) is 42.6 Å². The van der Waals surface area contributed by atoms with Gasteiger partial charge in [-0.25, -0.2) is 0 Å². The van der Waals surface area contributed by atoms with Gasteiger partial charge in [0.1, 0.15) is 0 Å². The van der Waals surface area contributed by atoms with Crippen molar-refractivity contribution in [1.29, 1.82) is 0 Å². The van der Waals surface area contributed by atoms with Crippen LogP contribution in [0.4, 0.5) is 0 Å². The van der Waals surface area contributed by atoms with E-state index >= 15 is 0 Å². The SMILES string of the molecule is CC(NCCCCc1ccccc1)C1CC2CCC1C2. The van der Waals surface area contributed by atoms with Crippen LogP contribution in [0, 0.1) is 17.8 Å². The predicted molar refractivity (Wildman–Crippen MR) is 85.8 cm³/mol. The van der Waals surface area contributed by atoms with Crippen LogP contribution in [0.15, 0.2) is 30.3 Å². The molecule has 0 heterocycles. The van der Waals surface area contributed by atoms with Gasteiger partial charge in [0.25, 0.3) is 0 Å². The highest BCUT2D eigenvalue weighted by Gasteiger charge is 2.41. The number of benzene rings is 1. The fraction of sp³-hybridized carbons (Fsp3) is 0.684. The molecule has 2 bridgehead atoms. The van der Waals surface area contributed by atoms with Crippen molar-refractivity contribution < 1.29 is 0 Å². The molecule has 1 N–H and O–H groups in total. The number of fused-ring (bicyclic) bond motifs is 2. The van der Waals surface area contributed by atoms with E-state index in [-0.39, 0.29) is 0 Å². The molecule has 110 valence electrons. The lowest BCUT2D eigenvalue weighted by molar-refractivity contribution is 0.260. The van der Waals surface area contributed by atoms with Gasteiger partial charge in [0.2, 0.25) is 0 Å². The summed E-state index contributed by atoms with van der Waals surface area (Å²) in [7, 11) is 0. The molecule has 3 rings (SSSR count). The van der Waals surface area contributed by atoms with Crippen LogP contribution in [-0.4, -0.2) is 12.6 Å². The number of hydrogen-bond acceptors (Lipinski definition) is 1. The van der Waals surface area contributed by atoms with Crippen LogP contribution in [-0.2, 0) is 6.42 Å². The van der Waals surface area contributed by atoms with Crippen LogP contribution < -0.4 is 5.32 Å². The third kappa shape index (κ3) is 3.44. The van der Waals surface area contributed by atoms with Gasteiger partial charge in [-0.2, -0.15) is 0 Å². The molecule has 0 amide bonds. The number of aryl methyl sites for hydroxylation is 1. The fourth-order valence-corrected chi connectivity index (χ4v) is 4.49. The molecule has 0 saturated heterocycles. The second kappa shape index (κ2) is 6.76. The van der Waals surface area contributed by atoms with Crippen molar-refractivity contribution in [2.24, 2.45) is 17.8 Å². The first kappa shape index (κ1) is 14.1. The maximum atomic E-state index is 3.80. The highest BCUT2D eigenvalue weighted by atomic mass is 14.9. The summed E-state index contributed by atoms with van der Waals surface area (Å²) in [5.41, 5.74) is 1.48. The average molecular weight is 271 g/mol. The molecule has 0 aromatic heterocycles. The van der Waals surface area contributed by atoms with Crippen molar-refractivity contribution >= 4 is 0 Å². The Kier molecular flexibility index (Phi) is 4.77. The van der Waals surface area contributed by atoms with E-state index in [4.69, 9.17) is 0 Å². The van der Waals surface area contributed by atoms with Crippen molar-refractivity contribution in [3.63, 3.8) is 0 Å². The van der Waals surface area contributed by atoms with Crippen LogP contribution in [0.3, 0.4) is 0 Å². The van der Waals surface area contributed by atoms with Crippen molar-refractivity contribution in [2.75, 3.05) is 6.54 Å². The van der Waals surface area contributed by atoms with Crippen molar-refractivity contribution in [3.05, 3.63) is 35.9 Å². The van der Waals surface area contributed by atoms with Gasteiger partial charge in [-0.15, -0.1) is 0 Å². The van der Waals surface area contributed by atoms with Gasteiger partial charge in [0.05, 0.1) is 0 Å². The fourth-order valence-electron chi connectivity index (χ4n) is 4.49. The third-order valence-electron chi connectivity index (χ3n) is 5.64. The molecule has 2 aliphatic rings. The summed E-state index contributed by atoms with van der Waals surface area (Å²) in [5, 5.41) is 3.80. The summed E-state index contributed by atoms with van der Waals surface area (Å²) in [5.74, 6) is 3.10. The lowest BCUT2D eigenvalue weighted by Gasteiger charge is -2.28. The summed E-state index contributed by atoms with van der Waals surface area (Å²) in [6.45, 7) is 3.62. The summed E-state index contributed by atoms with van der Waals surface area (Å²) in [4.78, 5) is 0. The lowest BCUT2D eigenvalue weighted by Crippen LogP contribution is -2.36. The van der Waals surface area contributed by atoms with E-state index in [0.29, 0.717) is 0 Å². The van der Waals surface area contributed by atoms with E-state index in [1.165, 1.54) is 57.1 Å². The number of hydrogen-bond donors (Lipinski definition) is 1. The standard InChI is InChI=1S/C19H29N/c1-15(19-14-17-10-11-18(19)13-17)20-12-6-5-9-16-7-3-2-4-8-16/h2-4,7-8,15,17-20H,5-6,9-14H2,1H3. The molecular formula is C19H29N. The van der Waals surface area contributed by atoms with E-state index < -0.39 is 0 Å². The quantitative estimate of drug-likeness (QED) is 0.724. The van der Waals surface area contributed by atoms with Gasteiger partial charge >= 0.3 is 0 Å². The Balaban J connectivity index is 1.30. The Hall–Kier alpha value is -0.820. The van der Waals surface area contributed by atoms with Gasteiger partial charge in [-0.3, -0.25) is 0 Å². The van der Waals surface area contributed by atoms with Crippen LogP contribution >= 0.6 is 0 Å². The second-order valence-electron chi connectivity index (χ2n) is 7.02. The maximum absolute atomic E-state index is 3.80. The molecule has 1 aromatic rings. The number of nitrogens with one attached hydrogen (secondary N) is 1. The molecular weight excluding hydrogens is 242 g/mol. The summed E-state index contributed by atoms with van der Waals surface area (Å²) in [6.07, 6.45) is 9.90. The summed E-state index contributed by atoms with van der Waals surface area (Å²) < 4.78 is 0. The average Bonchev–Trinajstić information content (AvgIpc) is 3.10. The Bertz CT molecular complexity index is 399. The minimum absolute atomic E-state index is 0.738. The minimum atomic E-state index is 0.738. The Morgan fingerprint density at radius 2 is 1.95 bits per heavy atom. The lowest BCUT2D eigenvalue weighted by atomic mass is 9.84. The third-order valence-corrected chi connectivity index (χ3v) is 5.64. The molecule has 1 aromatic carbocycles. The zero-order valence-corrected chi connectivity index (χ0v) is 12.9. The molecule has 2 fully saturated rings. The van der Waals surface area contributed by atoms with Crippen molar-refractivity contribution in [2.45, 2.75) is 57.9 Å². The smallest absolute Gasteiger partial charge is 0.00697 e. The molecule has 4 atom stereocenters. The highest BCUT2D eigenvalue weighted by Crippen LogP contribution is 2.49. The first-order chi connectivity index (χ1) is 9.83. The zero-order chi connectivity index (χ0) is 13.8. The Labute approximate surface area is 124 Å². The van der Waals surface area contributed by atoms with E-state index in [1.54, 1.807) is 0 Å². The van der Waals surface area contributed by atoms with Crippen LogP contribution in [0.1, 0.15) is 51.0 Å². The Morgan fingerprint density at radius 3 is 2.65 bits per heavy atom. The van der Waals surface area contributed by atoms with Crippen molar-refractivity contribution in [3.8, 4) is 0 Å². The van der Waals surface area contributed by atoms with E-state index in [0.717, 1.165) is 23.8 Å². The highest BCUT2D eigenvalue weighted by molar-refractivity contribution is 5.14. The molecule has 2 aliphatic carbocycles. The molecule has 0 spiro atoms. The van der Waals surface area contributed by atoms with Gasteiger partial charge < -0.3 is 5.32 Å². The Morgan fingerprint density at radius 1 is 1.10 bits per heavy atom. The molecule has 1 nitrogen and oxygen atoms in total. The first-order valence-corrected chi connectivity index (χ1v) is 8.60. The second-order valence-corrected chi connectivity index (χ2v) is 7.02. The largest absolute Gasteiger partial charge is 0.314 e. The van der Waals surface area contributed by atoms with Crippen molar-refractivity contribution in [1.82, 2.24) is 5.32 Å². The monoisotopic (exact) mass is 271 g/mol. The minimum Gasteiger partial charge on any atom is -0.314 e. The summed E-state index contributed by atoms with van der Waals surface area (Å²) in [6, 6.07) is 11.6. The molecule has 2 saturated carbocycles. The van der Waals surface area contributed by atoms with Gasteiger partial charge in [0.15, 0.2) is 0 Å². The molecule has 0 radical (unpaired) electrons. The van der Waals surface area contributed by atoms with Crippen LogP contribution in [0.2, 0.25) is 0 Å². The topological polar surface area (TPSA) is 12.0 Å². The molecule has 20 heavy (non-hydrogen) atoms. The van der Waals surface area contributed by atoms with Gasteiger partial charge in [-0.05, 0) is 75.3 Å². The number of unbranched alkanes of at least 4 members (excludes halogenated alkanes) is 1. The molecule has 1 heteroatoms. The molecule has 0 aliphatic heterocycles. The summed E-state index contributed by atoms with van der Waals surface area (Å²) >= 11 is 0. The van der Waals surface area contributed by atoms with Gasteiger partial charge in [-0.1, -0.05) is 36.8 Å². The normalized spacial score (nSPS) is 29.8.